The van der Waals surface area contributed by atoms with Gasteiger partial charge in [0.15, 0.2) is 0 Å². The van der Waals surface area contributed by atoms with Gasteiger partial charge in [-0.25, -0.2) is 13.1 Å². The summed E-state index contributed by atoms with van der Waals surface area (Å²) < 4.78 is 26.7. The molecule has 8 nitrogen and oxygen atoms in total. The van der Waals surface area contributed by atoms with Gasteiger partial charge in [-0.15, -0.1) is 0 Å². The van der Waals surface area contributed by atoms with Crippen molar-refractivity contribution in [1.29, 1.82) is 0 Å². The van der Waals surface area contributed by atoms with Crippen molar-refractivity contribution in [3.05, 3.63) is 69.8 Å². The Morgan fingerprint density at radius 3 is 2.36 bits per heavy atom. The van der Waals surface area contributed by atoms with Gasteiger partial charge in [0.25, 0.3) is 5.69 Å². The molecule has 0 fully saturated rings. The van der Waals surface area contributed by atoms with Crippen LogP contribution in [0.3, 0.4) is 0 Å². The Labute approximate surface area is 163 Å². The van der Waals surface area contributed by atoms with Crippen molar-refractivity contribution in [3.8, 4) is 0 Å². The molecular formula is C19H21N3O5S. The molecule has 0 atom stereocenters. The summed E-state index contributed by atoms with van der Waals surface area (Å²) in [5.41, 5.74) is 1.37. The van der Waals surface area contributed by atoms with Gasteiger partial charge in [0.05, 0.1) is 9.82 Å². The number of carbonyl (C=O) groups excluding carboxylic acids is 1. The molecule has 2 aromatic rings. The average Bonchev–Trinajstić information content (AvgIpc) is 2.60. The molecule has 28 heavy (non-hydrogen) atoms. The summed E-state index contributed by atoms with van der Waals surface area (Å²) in [6.07, 6.45) is 2.78. The molecule has 2 rings (SSSR count). The number of carbonyl (C=O) groups is 1. The van der Waals surface area contributed by atoms with Gasteiger partial charge in [-0.05, 0) is 50.6 Å². The van der Waals surface area contributed by atoms with E-state index in [1.54, 1.807) is 45.0 Å². The molecular weight excluding hydrogens is 382 g/mol. The third-order valence-electron chi connectivity index (χ3n) is 3.68. The Bertz CT molecular complexity index is 1010. The van der Waals surface area contributed by atoms with Crippen LogP contribution in [-0.4, -0.2) is 25.3 Å². The Morgan fingerprint density at radius 2 is 1.79 bits per heavy atom. The molecule has 1 amide bonds. The first-order chi connectivity index (χ1) is 13.1. The Hall–Kier alpha value is -3.04. The van der Waals surface area contributed by atoms with Crippen LogP contribution in [0.2, 0.25) is 0 Å². The van der Waals surface area contributed by atoms with Gasteiger partial charge in [-0.3, -0.25) is 14.9 Å². The predicted molar refractivity (Wildman–Crippen MR) is 107 cm³/mol. The summed E-state index contributed by atoms with van der Waals surface area (Å²) in [5.74, 6) is -0.462. The van der Waals surface area contributed by atoms with Gasteiger partial charge in [-0.2, -0.15) is 0 Å². The van der Waals surface area contributed by atoms with E-state index in [4.69, 9.17) is 0 Å². The minimum absolute atomic E-state index is 0.0754. The minimum Gasteiger partial charge on any atom is -0.322 e. The molecule has 2 aromatic carbocycles. The summed E-state index contributed by atoms with van der Waals surface area (Å²) in [7, 11) is -3.57. The monoisotopic (exact) mass is 403 g/mol. The number of sulfonamides is 1. The summed E-state index contributed by atoms with van der Waals surface area (Å²) >= 11 is 0. The van der Waals surface area contributed by atoms with E-state index < -0.39 is 20.9 Å². The molecule has 0 unspecified atom stereocenters. The highest BCUT2D eigenvalue weighted by molar-refractivity contribution is 7.89. The standard InChI is InChI=1S/C19H21N3O5S/c1-13(2)21-28(26,27)17-9-5-15(6-10-17)7-11-19(23)20-16-8-4-14(3)18(12-16)22(24)25/h4-13,21H,1-3H3,(H,20,23)/b11-7+. The quantitative estimate of drug-likeness (QED) is 0.418. The minimum atomic E-state index is -3.57. The molecule has 0 saturated heterocycles. The number of benzene rings is 2. The summed E-state index contributed by atoms with van der Waals surface area (Å²) in [5, 5.41) is 13.5. The summed E-state index contributed by atoms with van der Waals surface area (Å²) in [4.78, 5) is 22.6. The zero-order valence-corrected chi connectivity index (χ0v) is 16.5. The fourth-order valence-corrected chi connectivity index (χ4v) is 3.63. The highest BCUT2D eigenvalue weighted by Crippen LogP contribution is 2.22. The second-order valence-electron chi connectivity index (χ2n) is 6.43. The summed E-state index contributed by atoms with van der Waals surface area (Å²) in [6.45, 7) is 5.08. The van der Waals surface area contributed by atoms with E-state index in [1.807, 2.05) is 0 Å². The zero-order valence-electron chi connectivity index (χ0n) is 15.7. The maximum absolute atomic E-state index is 12.1. The number of hydrogen-bond donors (Lipinski definition) is 2. The molecule has 0 aromatic heterocycles. The van der Waals surface area contributed by atoms with Gasteiger partial charge in [0.1, 0.15) is 0 Å². The lowest BCUT2D eigenvalue weighted by Gasteiger charge is -2.09. The predicted octanol–water partition coefficient (Wildman–Crippen LogP) is 3.24. The molecule has 0 bridgehead atoms. The number of nitrogens with one attached hydrogen (secondary N) is 2. The zero-order chi connectivity index (χ0) is 20.9. The summed E-state index contributed by atoms with van der Waals surface area (Å²) in [6, 6.07) is 10.3. The lowest BCUT2D eigenvalue weighted by molar-refractivity contribution is -0.385. The number of nitro groups is 1. The van der Waals surface area contributed by atoms with Gasteiger partial charge in [-0.1, -0.05) is 18.2 Å². The molecule has 2 N–H and O–H groups in total. The van der Waals surface area contributed by atoms with E-state index in [1.165, 1.54) is 30.4 Å². The van der Waals surface area contributed by atoms with Crippen LogP contribution in [0.4, 0.5) is 11.4 Å². The van der Waals surface area contributed by atoms with E-state index in [2.05, 4.69) is 10.0 Å². The third-order valence-corrected chi connectivity index (χ3v) is 5.36. The lowest BCUT2D eigenvalue weighted by Crippen LogP contribution is -2.30. The first-order valence-electron chi connectivity index (χ1n) is 8.45. The number of anilines is 1. The van der Waals surface area contributed by atoms with Crippen molar-refractivity contribution >= 4 is 33.4 Å². The van der Waals surface area contributed by atoms with Crippen LogP contribution >= 0.6 is 0 Å². The molecule has 0 spiro atoms. The van der Waals surface area contributed by atoms with E-state index in [0.29, 0.717) is 16.8 Å². The number of nitrogens with zero attached hydrogens (tertiary/aromatic N) is 1. The smallest absolute Gasteiger partial charge is 0.274 e. The second-order valence-corrected chi connectivity index (χ2v) is 8.14. The first-order valence-corrected chi connectivity index (χ1v) is 9.93. The molecule has 0 radical (unpaired) electrons. The molecule has 148 valence electrons. The Balaban J connectivity index is 2.07. The van der Waals surface area contributed by atoms with Crippen LogP contribution in [-0.2, 0) is 14.8 Å². The van der Waals surface area contributed by atoms with Crippen molar-refractivity contribution in [2.45, 2.75) is 31.7 Å². The van der Waals surface area contributed by atoms with Gasteiger partial charge < -0.3 is 5.32 Å². The number of amides is 1. The Morgan fingerprint density at radius 1 is 1.14 bits per heavy atom. The van der Waals surface area contributed by atoms with E-state index >= 15 is 0 Å². The third kappa shape index (κ3) is 5.73. The van der Waals surface area contributed by atoms with Crippen molar-refractivity contribution in [2.24, 2.45) is 0 Å². The molecule has 0 aliphatic rings. The molecule has 0 heterocycles. The van der Waals surface area contributed by atoms with Gasteiger partial charge in [0, 0.05) is 29.4 Å². The number of aryl methyl sites for hydroxylation is 1. The normalized spacial score (nSPS) is 11.7. The van der Waals surface area contributed by atoms with Crippen LogP contribution in [0, 0.1) is 17.0 Å². The highest BCUT2D eigenvalue weighted by Gasteiger charge is 2.14. The SMILES string of the molecule is Cc1ccc(NC(=O)/C=C/c2ccc(S(=O)(=O)NC(C)C)cc2)cc1[N+](=O)[O-]. The van der Waals surface area contributed by atoms with Crippen molar-refractivity contribution in [3.63, 3.8) is 0 Å². The van der Waals surface area contributed by atoms with Crippen LogP contribution in [0.1, 0.15) is 25.0 Å². The van der Waals surface area contributed by atoms with Crippen molar-refractivity contribution in [2.75, 3.05) is 5.32 Å². The molecule has 0 aliphatic carbocycles. The first kappa shape index (κ1) is 21.3. The van der Waals surface area contributed by atoms with E-state index in [0.717, 1.165) is 0 Å². The lowest BCUT2D eigenvalue weighted by atomic mass is 10.2. The maximum Gasteiger partial charge on any atom is 0.274 e. The number of rotatable bonds is 7. The second kappa shape index (κ2) is 8.77. The molecule has 9 heteroatoms. The largest absolute Gasteiger partial charge is 0.322 e. The maximum atomic E-state index is 12.1. The highest BCUT2D eigenvalue weighted by atomic mass is 32.2. The van der Waals surface area contributed by atoms with Crippen LogP contribution in [0.15, 0.2) is 53.4 Å². The average molecular weight is 403 g/mol. The van der Waals surface area contributed by atoms with E-state index in [9.17, 15) is 23.3 Å². The van der Waals surface area contributed by atoms with Crippen molar-refractivity contribution in [1.82, 2.24) is 4.72 Å². The molecule has 0 saturated carbocycles. The van der Waals surface area contributed by atoms with Gasteiger partial charge >= 0.3 is 0 Å². The Kier molecular flexibility index (Phi) is 6.66. The fourth-order valence-electron chi connectivity index (χ4n) is 2.38. The molecule has 0 aliphatic heterocycles. The van der Waals surface area contributed by atoms with Crippen LogP contribution in [0.5, 0.6) is 0 Å². The van der Waals surface area contributed by atoms with Crippen molar-refractivity contribution < 1.29 is 18.1 Å². The van der Waals surface area contributed by atoms with Gasteiger partial charge in [0.2, 0.25) is 15.9 Å². The topological polar surface area (TPSA) is 118 Å². The van der Waals surface area contributed by atoms with E-state index in [-0.39, 0.29) is 16.6 Å². The number of hydrogen-bond acceptors (Lipinski definition) is 5. The fraction of sp³-hybridized carbons (Fsp3) is 0.211. The number of nitro benzene ring substituents is 1. The van der Waals surface area contributed by atoms with Crippen LogP contribution in [0.25, 0.3) is 6.08 Å². The van der Waals surface area contributed by atoms with Crippen LogP contribution < -0.4 is 10.0 Å².